The van der Waals surface area contributed by atoms with E-state index in [0.717, 1.165) is 24.9 Å². The maximum Gasteiger partial charge on any atom is 0.269 e. The standard InChI is InChI=1S/C18H27N3O4/c1-14(15-6-4-8-17(12-15)21(23)24)20-9-5-7-16(13-20)18(22)19(2)10-11-25-3/h4,6,8,12,14,16H,5,7,9-11,13H2,1-3H3/t14-,16-/m1/s1. The van der Waals surface area contributed by atoms with E-state index in [4.69, 9.17) is 4.74 Å². The molecule has 1 heterocycles. The van der Waals surface area contributed by atoms with Crippen LogP contribution in [0.25, 0.3) is 0 Å². The van der Waals surface area contributed by atoms with E-state index in [1.54, 1.807) is 24.1 Å². The highest BCUT2D eigenvalue weighted by atomic mass is 16.6. The zero-order valence-corrected chi connectivity index (χ0v) is 15.2. The number of methoxy groups -OCH3 is 1. The molecule has 1 aliphatic heterocycles. The molecule has 0 N–H and O–H groups in total. The van der Waals surface area contributed by atoms with Gasteiger partial charge in [0.2, 0.25) is 5.91 Å². The molecule has 2 rings (SSSR count). The number of carbonyl (C=O) groups excluding carboxylic acids is 1. The normalized spacial score (nSPS) is 19.4. The summed E-state index contributed by atoms with van der Waals surface area (Å²) in [6, 6.07) is 6.80. The van der Waals surface area contributed by atoms with E-state index in [-0.39, 0.29) is 28.5 Å². The van der Waals surface area contributed by atoms with Crippen molar-refractivity contribution in [2.45, 2.75) is 25.8 Å². The summed E-state index contributed by atoms with van der Waals surface area (Å²) in [5.74, 6) is 0.116. The van der Waals surface area contributed by atoms with Gasteiger partial charge in [-0.3, -0.25) is 19.8 Å². The third-order valence-corrected chi connectivity index (χ3v) is 4.92. The molecule has 1 aliphatic rings. The van der Waals surface area contributed by atoms with Crippen LogP contribution < -0.4 is 0 Å². The van der Waals surface area contributed by atoms with Gasteiger partial charge < -0.3 is 9.64 Å². The van der Waals surface area contributed by atoms with Crippen molar-refractivity contribution in [2.24, 2.45) is 5.92 Å². The van der Waals surface area contributed by atoms with E-state index in [1.807, 2.05) is 20.0 Å². The fourth-order valence-electron chi connectivity index (χ4n) is 3.32. The largest absolute Gasteiger partial charge is 0.383 e. The van der Waals surface area contributed by atoms with Crippen molar-refractivity contribution in [2.75, 3.05) is 40.4 Å². The second kappa shape index (κ2) is 8.92. The summed E-state index contributed by atoms with van der Waals surface area (Å²) in [4.78, 5) is 27.2. The van der Waals surface area contributed by atoms with Crippen molar-refractivity contribution < 1.29 is 14.5 Å². The molecule has 0 unspecified atom stereocenters. The van der Waals surface area contributed by atoms with Crippen LogP contribution in [0.4, 0.5) is 5.69 Å². The Morgan fingerprint density at radius 2 is 2.28 bits per heavy atom. The van der Waals surface area contributed by atoms with Crippen molar-refractivity contribution in [3.8, 4) is 0 Å². The predicted molar refractivity (Wildman–Crippen MR) is 95.3 cm³/mol. The lowest BCUT2D eigenvalue weighted by Gasteiger charge is -2.37. The van der Waals surface area contributed by atoms with E-state index in [2.05, 4.69) is 4.90 Å². The number of nitro benzene ring substituents is 1. The minimum Gasteiger partial charge on any atom is -0.383 e. The SMILES string of the molecule is COCCN(C)C(=O)[C@@H]1CCCN([C@H](C)c2cccc([N+](=O)[O-])c2)C1. The third-order valence-electron chi connectivity index (χ3n) is 4.92. The number of non-ortho nitro benzene ring substituents is 1. The molecule has 7 heteroatoms. The highest BCUT2D eigenvalue weighted by Gasteiger charge is 2.30. The lowest BCUT2D eigenvalue weighted by molar-refractivity contribution is -0.385. The molecule has 0 radical (unpaired) electrons. The van der Waals surface area contributed by atoms with Crippen LogP contribution in [0.15, 0.2) is 24.3 Å². The van der Waals surface area contributed by atoms with Crippen LogP contribution in [0, 0.1) is 16.0 Å². The van der Waals surface area contributed by atoms with Gasteiger partial charge in [0.05, 0.1) is 17.4 Å². The summed E-state index contributed by atoms with van der Waals surface area (Å²) in [6.45, 7) is 4.74. The molecule has 0 aliphatic carbocycles. The van der Waals surface area contributed by atoms with E-state index >= 15 is 0 Å². The molecule has 0 saturated carbocycles. The summed E-state index contributed by atoms with van der Waals surface area (Å²) >= 11 is 0. The summed E-state index contributed by atoms with van der Waals surface area (Å²) < 4.78 is 5.04. The Morgan fingerprint density at radius 3 is 2.96 bits per heavy atom. The van der Waals surface area contributed by atoms with Crippen LogP contribution in [0.2, 0.25) is 0 Å². The fraction of sp³-hybridized carbons (Fsp3) is 0.611. The molecule has 1 fully saturated rings. The van der Waals surface area contributed by atoms with Gasteiger partial charge in [0, 0.05) is 45.4 Å². The van der Waals surface area contributed by atoms with Crippen molar-refractivity contribution in [3.63, 3.8) is 0 Å². The Labute approximate surface area is 148 Å². The first-order chi connectivity index (χ1) is 11.9. The number of hydrogen-bond donors (Lipinski definition) is 0. The van der Waals surface area contributed by atoms with Crippen LogP contribution in [0.3, 0.4) is 0 Å². The van der Waals surface area contributed by atoms with Crippen molar-refractivity contribution in [1.82, 2.24) is 9.80 Å². The summed E-state index contributed by atoms with van der Waals surface area (Å²) in [7, 11) is 3.44. The van der Waals surface area contributed by atoms with Gasteiger partial charge in [-0.15, -0.1) is 0 Å². The minimum atomic E-state index is -0.372. The van der Waals surface area contributed by atoms with Gasteiger partial charge in [-0.05, 0) is 31.9 Å². The Kier molecular flexibility index (Phi) is 6.90. The first-order valence-corrected chi connectivity index (χ1v) is 8.66. The highest BCUT2D eigenvalue weighted by molar-refractivity contribution is 5.78. The third kappa shape index (κ3) is 4.99. The highest BCUT2D eigenvalue weighted by Crippen LogP contribution is 2.29. The zero-order valence-electron chi connectivity index (χ0n) is 15.2. The number of hydrogen-bond acceptors (Lipinski definition) is 5. The number of rotatable bonds is 7. The summed E-state index contributed by atoms with van der Waals surface area (Å²) in [5, 5.41) is 11.0. The van der Waals surface area contributed by atoms with Gasteiger partial charge in [-0.25, -0.2) is 0 Å². The van der Waals surface area contributed by atoms with E-state index in [1.165, 1.54) is 6.07 Å². The first kappa shape index (κ1) is 19.3. The van der Waals surface area contributed by atoms with E-state index < -0.39 is 0 Å². The lowest BCUT2D eigenvalue weighted by Crippen LogP contribution is -2.45. The number of nitrogens with zero attached hydrogens (tertiary/aromatic N) is 3. The first-order valence-electron chi connectivity index (χ1n) is 8.66. The Hall–Kier alpha value is -1.99. The number of piperidine rings is 1. The Balaban J connectivity index is 2.03. The lowest BCUT2D eigenvalue weighted by atomic mass is 9.94. The quantitative estimate of drug-likeness (QED) is 0.558. The summed E-state index contributed by atoms with van der Waals surface area (Å²) in [5.41, 5.74) is 1.02. The molecule has 7 nitrogen and oxygen atoms in total. The maximum atomic E-state index is 12.6. The van der Waals surface area contributed by atoms with Crippen molar-refractivity contribution >= 4 is 11.6 Å². The molecule has 1 aromatic carbocycles. The van der Waals surface area contributed by atoms with Crippen LogP contribution >= 0.6 is 0 Å². The maximum absolute atomic E-state index is 12.6. The van der Waals surface area contributed by atoms with E-state index in [9.17, 15) is 14.9 Å². The number of amides is 1. The molecule has 0 aromatic heterocycles. The number of nitro groups is 1. The molecule has 1 amide bonds. The molecule has 2 atom stereocenters. The van der Waals surface area contributed by atoms with Gasteiger partial charge in [0.1, 0.15) is 0 Å². The number of ether oxygens (including phenoxy) is 1. The topological polar surface area (TPSA) is 75.9 Å². The van der Waals surface area contributed by atoms with Gasteiger partial charge in [-0.1, -0.05) is 12.1 Å². The fourth-order valence-corrected chi connectivity index (χ4v) is 3.32. The van der Waals surface area contributed by atoms with Crippen LogP contribution in [0.5, 0.6) is 0 Å². The van der Waals surface area contributed by atoms with Gasteiger partial charge in [0.25, 0.3) is 5.69 Å². The van der Waals surface area contributed by atoms with Gasteiger partial charge in [-0.2, -0.15) is 0 Å². The van der Waals surface area contributed by atoms with E-state index in [0.29, 0.717) is 19.7 Å². The van der Waals surface area contributed by atoms with Crippen LogP contribution in [0.1, 0.15) is 31.4 Å². The van der Waals surface area contributed by atoms with Crippen LogP contribution in [-0.2, 0) is 9.53 Å². The number of carbonyl (C=O) groups is 1. The molecule has 0 spiro atoms. The monoisotopic (exact) mass is 349 g/mol. The van der Waals surface area contributed by atoms with Crippen molar-refractivity contribution in [1.29, 1.82) is 0 Å². The average molecular weight is 349 g/mol. The molecule has 138 valence electrons. The molecule has 1 saturated heterocycles. The number of likely N-dealkylation sites (N-methyl/N-ethyl adjacent to an activating group) is 1. The zero-order chi connectivity index (χ0) is 18.4. The Bertz CT molecular complexity index is 608. The Morgan fingerprint density at radius 1 is 1.52 bits per heavy atom. The predicted octanol–water partition coefficient (Wildman–Crippen LogP) is 2.47. The van der Waals surface area contributed by atoms with Crippen molar-refractivity contribution in [3.05, 3.63) is 39.9 Å². The summed E-state index contributed by atoms with van der Waals surface area (Å²) in [6.07, 6.45) is 1.84. The smallest absolute Gasteiger partial charge is 0.269 e. The molecular formula is C18H27N3O4. The molecule has 25 heavy (non-hydrogen) atoms. The minimum absolute atomic E-state index is 0.0308. The van der Waals surface area contributed by atoms with Crippen LogP contribution in [-0.4, -0.2) is 61.0 Å². The van der Waals surface area contributed by atoms with Gasteiger partial charge >= 0.3 is 0 Å². The molecular weight excluding hydrogens is 322 g/mol. The molecule has 1 aromatic rings. The molecule has 0 bridgehead atoms. The second-order valence-corrected chi connectivity index (χ2v) is 6.61. The number of likely N-dealkylation sites (tertiary alicyclic amines) is 1. The average Bonchev–Trinajstić information content (AvgIpc) is 2.65. The number of benzene rings is 1. The van der Waals surface area contributed by atoms with Gasteiger partial charge in [0.15, 0.2) is 0 Å². The second-order valence-electron chi connectivity index (χ2n) is 6.61.